The van der Waals surface area contributed by atoms with Gasteiger partial charge in [-0.15, -0.1) is 5.10 Å². The molecule has 45 heavy (non-hydrogen) atoms. The topological polar surface area (TPSA) is 90.3 Å². The minimum Gasteiger partial charge on any atom is -0.490 e. The van der Waals surface area contributed by atoms with Crippen LogP contribution in [0.3, 0.4) is 0 Å². The number of fused-ring (bicyclic) bond motifs is 1. The number of aromatic nitrogens is 3. The zero-order chi connectivity index (χ0) is 32.2. The van der Waals surface area contributed by atoms with Crippen molar-refractivity contribution in [3.63, 3.8) is 0 Å². The van der Waals surface area contributed by atoms with Crippen LogP contribution in [0.5, 0.6) is 11.5 Å². The molecule has 3 aromatic carbocycles. The van der Waals surface area contributed by atoms with Gasteiger partial charge in [0.25, 0.3) is 5.91 Å². The first-order valence-electron chi connectivity index (χ1n) is 14.6. The molecule has 1 unspecified atom stereocenters. The van der Waals surface area contributed by atoms with Gasteiger partial charge >= 0.3 is 0 Å². The van der Waals surface area contributed by atoms with Crippen molar-refractivity contribution in [1.82, 2.24) is 14.8 Å². The molecule has 0 saturated carbocycles. The molecule has 0 saturated heterocycles. The van der Waals surface area contributed by atoms with Crippen LogP contribution in [0.25, 0.3) is 0 Å². The van der Waals surface area contributed by atoms with Gasteiger partial charge in [0.15, 0.2) is 11.5 Å². The number of hydrogen-bond acceptors (Lipinski definition) is 7. The predicted molar refractivity (Wildman–Crippen MR) is 186 cm³/mol. The number of carbonyl (C=O) groups is 1. The van der Waals surface area contributed by atoms with E-state index in [-0.39, 0.29) is 12.5 Å². The molecular weight excluding hydrogens is 697 g/mol. The Morgan fingerprint density at radius 3 is 2.60 bits per heavy atom. The lowest BCUT2D eigenvalue weighted by Crippen LogP contribution is -2.31. The van der Waals surface area contributed by atoms with E-state index in [1.165, 1.54) is 0 Å². The van der Waals surface area contributed by atoms with Crippen molar-refractivity contribution in [3.05, 3.63) is 96.6 Å². The molecule has 1 atom stereocenters. The monoisotopic (exact) mass is 729 g/mol. The van der Waals surface area contributed by atoms with Gasteiger partial charge in [0.2, 0.25) is 11.1 Å². The first-order valence-corrected chi connectivity index (χ1v) is 17.1. The minimum atomic E-state index is -0.606. The molecule has 236 valence electrons. The van der Waals surface area contributed by atoms with Crippen LogP contribution in [0, 0.1) is 13.8 Å². The molecule has 1 amide bonds. The zero-order valence-electron chi connectivity index (χ0n) is 25.6. The molecule has 5 rings (SSSR count). The molecule has 0 fully saturated rings. The largest absolute Gasteiger partial charge is 0.490 e. The Hall–Kier alpha value is -3.18. The van der Waals surface area contributed by atoms with Crippen molar-refractivity contribution in [1.29, 1.82) is 0 Å². The fourth-order valence-corrected chi connectivity index (χ4v) is 6.79. The number of rotatable bonds is 11. The van der Waals surface area contributed by atoms with Gasteiger partial charge in [0, 0.05) is 32.7 Å². The highest BCUT2D eigenvalue weighted by atomic mass is 79.9. The standard InChI is InChI=1S/C33H34BrCl2N5O3S/c1-6-12-45-33-39-32-37-20(5)28(31(42)38-26-11-8-18(3)13-19(26)4)29(41(32)40-33)22-14-24(34)30(27(15-22)43-7-2)44-17-21-9-10-23(35)16-25(21)36/h8-11,13-16,29H,6-7,12,17H2,1-5H3,(H,38,42)(H,37,39,40). The van der Waals surface area contributed by atoms with Crippen molar-refractivity contribution in [2.75, 3.05) is 23.0 Å². The highest BCUT2D eigenvalue weighted by molar-refractivity contribution is 9.10. The van der Waals surface area contributed by atoms with Gasteiger partial charge in [0.1, 0.15) is 12.6 Å². The second-order valence-electron chi connectivity index (χ2n) is 10.6. The summed E-state index contributed by atoms with van der Waals surface area (Å²) in [5.41, 5.74) is 5.59. The minimum absolute atomic E-state index is 0.204. The second kappa shape index (κ2) is 14.5. The zero-order valence-corrected chi connectivity index (χ0v) is 29.5. The van der Waals surface area contributed by atoms with E-state index in [1.54, 1.807) is 28.6 Å². The highest BCUT2D eigenvalue weighted by Gasteiger charge is 2.35. The summed E-state index contributed by atoms with van der Waals surface area (Å²) in [6, 6.07) is 14.4. The quantitative estimate of drug-likeness (QED) is 0.149. The van der Waals surface area contributed by atoms with E-state index < -0.39 is 6.04 Å². The number of nitrogens with one attached hydrogen (secondary N) is 2. The molecule has 0 aliphatic carbocycles. The van der Waals surface area contributed by atoms with Crippen molar-refractivity contribution in [3.8, 4) is 11.5 Å². The molecule has 1 aromatic heterocycles. The number of nitrogens with zero attached hydrogens (tertiary/aromatic N) is 3. The van der Waals surface area contributed by atoms with Gasteiger partial charge in [-0.05, 0) is 91.5 Å². The maximum absolute atomic E-state index is 14.1. The molecule has 8 nitrogen and oxygen atoms in total. The third-order valence-electron chi connectivity index (χ3n) is 7.18. The Morgan fingerprint density at radius 1 is 1.09 bits per heavy atom. The van der Waals surface area contributed by atoms with Gasteiger partial charge in [-0.2, -0.15) is 4.98 Å². The average Bonchev–Trinajstić information content (AvgIpc) is 3.39. The van der Waals surface area contributed by atoms with E-state index in [0.29, 0.717) is 55.0 Å². The average molecular weight is 732 g/mol. The predicted octanol–water partition coefficient (Wildman–Crippen LogP) is 9.37. The van der Waals surface area contributed by atoms with E-state index in [0.717, 1.165) is 40.1 Å². The number of amides is 1. The van der Waals surface area contributed by atoms with Gasteiger partial charge in [-0.3, -0.25) is 4.79 Å². The third kappa shape index (κ3) is 7.46. The van der Waals surface area contributed by atoms with Gasteiger partial charge < -0.3 is 20.1 Å². The summed E-state index contributed by atoms with van der Waals surface area (Å²) in [4.78, 5) is 18.8. The molecule has 0 radical (unpaired) electrons. The number of aryl methyl sites for hydroxylation is 2. The molecule has 2 heterocycles. The van der Waals surface area contributed by atoms with Crippen LogP contribution in [0.15, 0.2) is 69.4 Å². The molecule has 12 heteroatoms. The van der Waals surface area contributed by atoms with Gasteiger partial charge in [0.05, 0.1) is 16.7 Å². The summed E-state index contributed by atoms with van der Waals surface area (Å²) in [6.45, 7) is 10.5. The molecule has 4 aromatic rings. The summed E-state index contributed by atoms with van der Waals surface area (Å²) >= 11 is 17.8. The lowest BCUT2D eigenvalue weighted by atomic mass is 9.94. The Kier molecular flexibility index (Phi) is 10.7. The SMILES string of the molecule is CCCSc1nc2n(n1)C(c1cc(Br)c(OCc3ccc(Cl)cc3Cl)c(OCC)c1)C(C(=O)Nc1ccc(C)cc1C)=C(C)N2. The van der Waals surface area contributed by atoms with E-state index in [4.69, 9.17) is 42.8 Å². The summed E-state index contributed by atoms with van der Waals surface area (Å²) in [5.74, 6) is 2.23. The van der Waals surface area contributed by atoms with Crippen molar-refractivity contribution < 1.29 is 14.3 Å². The van der Waals surface area contributed by atoms with Crippen LogP contribution in [0.1, 0.15) is 55.5 Å². The Balaban J connectivity index is 1.57. The Bertz CT molecular complexity index is 1780. The number of anilines is 2. The lowest BCUT2D eigenvalue weighted by molar-refractivity contribution is -0.113. The van der Waals surface area contributed by atoms with Crippen LogP contribution in [0.4, 0.5) is 11.6 Å². The smallest absolute Gasteiger partial charge is 0.255 e. The molecule has 2 N–H and O–H groups in total. The number of allylic oxidation sites excluding steroid dienone is 1. The summed E-state index contributed by atoms with van der Waals surface area (Å²) in [5, 5.41) is 13.0. The Labute approximate surface area is 286 Å². The van der Waals surface area contributed by atoms with E-state index in [1.807, 2.05) is 64.1 Å². The molecule has 1 aliphatic rings. The van der Waals surface area contributed by atoms with E-state index in [2.05, 4.69) is 33.5 Å². The lowest BCUT2D eigenvalue weighted by Gasteiger charge is -2.29. The number of carbonyl (C=O) groups excluding carboxylic acids is 1. The van der Waals surface area contributed by atoms with Crippen LogP contribution >= 0.6 is 50.9 Å². The van der Waals surface area contributed by atoms with E-state index >= 15 is 0 Å². The normalized spacial score (nSPS) is 14.2. The summed E-state index contributed by atoms with van der Waals surface area (Å²) in [7, 11) is 0. The van der Waals surface area contributed by atoms with Crippen LogP contribution in [-0.4, -0.2) is 33.0 Å². The number of benzene rings is 3. The molecule has 1 aliphatic heterocycles. The highest BCUT2D eigenvalue weighted by Crippen LogP contribution is 2.44. The fourth-order valence-electron chi connectivity index (χ4n) is 5.07. The van der Waals surface area contributed by atoms with E-state index in [9.17, 15) is 4.79 Å². The summed E-state index contributed by atoms with van der Waals surface area (Å²) in [6.07, 6.45) is 0.986. The van der Waals surface area contributed by atoms with Gasteiger partial charge in [-0.25, -0.2) is 4.68 Å². The number of ether oxygens (including phenoxy) is 2. The van der Waals surface area contributed by atoms with Crippen LogP contribution in [-0.2, 0) is 11.4 Å². The fraction of sp³-hybridized carbons (Fsp3) is 0.303. The second-order valence-corrected chi connectivity index (χ2v) is 13.4. The first kappa shape index (κ1) is 33.2. The maximum Gasteiger partial charge on any atom is 0.255 e. The number of hydrogen-bond donors (Lipinski definition) is 2. The number of thioether (sulfide) groups is 1. The van der Waals surface area contributed by atoms with Crippen molar-refractivity contribution >= 4 is 68.4 Å². The summed E-state index contributed by atoms with van der Waals surface area (Å²) < 4.78 is 14.8. The maximum atomic E-state index is 14.1. The van der Waals surface area contributed by atoms with Crippen LogP contribution in [0.2, 0.25) is 10.0 Å². The van der Waals surface area contributed by atoms with Gasteiger partial charge in [-0.1, -0.05) is 65.7 Å². The number of halogens is 3. The van der Waals surface area contributed by atoms with Crippen LogP contribution < -0.4 is 20.1 Å². The first-order chi connectivity index (χ1) is 21.6. The molecule has 0 spiro atoms. The Morgan fingerprint density at radius 2 is 1.89 bits per heavy atom. The third-order valence-corrected chi connectivity index (χ3v) is 9.40. The van der Waals surface area contributed by atoms with Crippen molar-refractivity contribution in [2.24, 2.45) is 0 Å². The molecule has 0 bridgehead atoms. The van der Waals surface area contributed by atoms with Crippen molar-refractivity contribution in [2.45, 2.75) is 58.8 Å². The molecular formula is C33H34BrCl2N5O3S.